The molecule has 0 spiro atoms. The average Bonchev–Trinajstić information content (AvgIpc) is 2.67. The van der Waals surface area contributed by atoms with Gasteiger partial charge in [0.05, 0.1) is 18.1 Å². The lowest BCUT2D eigenvalue weighted by molar-refractivity contribution is -0.142. The molecule has 0 bridgehead atoms. The van der Waals surface area contributed by atoms with Gasteiger partial charge in [-0.05, 0) is 33.6 Å². The molecule has 0 heterocycles. The summed E-state index contributed by atoms with van der Waals surface area (Å²) in [5.74, 6) is -1.42. The Morgan fingerprint density at radius 1 is 1.30 bits per heavy atom. The van der Waals surface area contributed by atoms with Gasteiger partial charge in [-0.25, -0.2) is 4.79 Å². The SMILES string of the molecule is COCO[C@@H]1C[C@H](C(=O)O)C[C@@H]1NC(=O)OC(C)(C)C. The third-order valence-corrected chi connectivity index (χ3v) is 2.96. The minimum atomic E-state index is -0.885. The van der Waals surface area contributed by atoms with Crippen LogP contribution in [0.3, 0.4) is 0 Å². The zero-order chi connectivity index (χ0) is 15.3. The molecule has 1 aliphatic rings. The second-order valence-electron chi connectivity index (χ2n) is 5.87. The summed E-state index contributed by atoms with van der Waals surface area (Å²) < 4.78 is 15.4. The molecule has 1 rings (SSSR count). The van der Waals surface area contributed by atoms with Crippen molar-refractivity contribution in [3.63, 3.8) is 0 Å². The standard InChI is InChI=1S/C13H23NO6/c1-13(2,3)20-12(17)14-9-5-8(11(15)16)6-10(9)19-7-18-4/h8-10H,5-7H2,1-4H3,(H,14,17)(H,15,16)/t8-,9+,10-/m1/s1. The van der Waals surface area contributed by atoms with Crippen LogP contribution in [0, 0.1) is 5.92 Å². The molecule has 116 valence electrons. The van der Waals surface area contributed by atoms with Crippen molar-refractivity contribution in [1.82, 2.24) is 5.32 Å². The Morgan fingerprint density at radius 2 is 1.95 bits per heavy atom. The number of rotatable bonds is 5. The second kappa shape index (κ2) is 6.90. The van der Waals surface area contributed by atoms with Crippen LogP contribution in [0.5, 0.6) is 0 Å². The summed E-state index contributed by atoms with van der Waals surface area (Å²) in [6.07, 6.45) is -0.287. The normalized spacial score (nSPS) is 26.3. The Labute approximate surface area is 118 Å². The Hall–Kier alpha value is -1.34. The molecule has 7 nitrogen and oxygen atoms in total. The quantitative estimate of drug-likeness (QED) is 0.742. The summed E-state index contributed by atoms with van der Waals surface area (Å²) in [6, 6.07) is -0.388. The number of hydrogen-bond donors (Lipinski definition) is 2. The van der Waals surface area contributed by atoms with Crippen molar-refractivity contribution in [1.29, 1.82) is 0 Å². The van der Waals surface area contributed by atoms with E-state index in [0.717, 1.165) is 0 Å². The smallest absolute Gasteiger partial charge is 0.407 e. The summed E-state index contributed by atoms with van der Waals surface area (Å²) in [4.78, 5) is 22.8. The van der Waals surface area contributed by atoms with Crippen LogP contribution in [0.25, 0.3) is 0 Å². The lowest BCUT2D eigenvalue weighted by Gasteiger charge is -2.24. The fourth-order valence-electron chi connectivity index (χ4n) is 2.15. The van der Waals surface area contributed by atoms with E-state index in [1.165, 1.54) is 7.11 Å². The minimum absolute atomic E-state index is 0.0590. The van der Waals surface area contributed by atoms with Crippen molar-refractivity contribution in [3.05, 3.63) is 0 Å². The first-order valence-corrected chi connectivity index (χ1v) is 6.56. The van der Waals surface area contributed by atoms with E-state index in [1.807, 2.05) is 0 Å². The average molecular weight is 289 g/mol. The predicted octanol–water partition coefficient (Wildman–Crippen LogP) is 1.36. The molecule has 1 fully saturated rings. The number of amides is 1. The summed E-state index contributed by atoms with van der Waals surface area (Å²) in [5, 5.41) is 11.7. The van der Waals surface area contributed by atoms with Gasteiger partial charge < -0.3 is 24.6 Å². The molecule has 0 aromatic rings. The Balaban J connectivity index is 2.59. The van der Waals surface area contributed by atoms with Crippen LogP contribution in [-0.2, 0) is 19.0 Å². The molecule has 1 saturated carbocycles. The van der Waals surface area contributed by atoms with Gasteiger partial charge in [0.2, 0.25) is 0 Å². The van der Waals surface area contributed by atoms with E-state index in [4.69, 9.17) is 19.3 Å². The second-order valence-corrected chi connectivity index (χ2v) is 5.87. The van der Waals surface area contributed by atoms with Gasteiger partial charge in [0.25, 0.3) is 0 Å². The number of carboxylic acid groups (broad SMARTS) is 1. The van der Waals surface area contributed by atoms with Crippen LogP contribution in [-0.4, -0.2) is 48.8 Å². The molecule has 20 heavy (non-hydrogen) atoms. The van der Waals surface area contributed by atoms with Crippen LogP contribution in [0.4, 0.5) is 4.79 Å². The molecular weight excluding hydrogens is 266 g/mol. The van der Waals surface area contributed by atoms with E-state index in [-0.39, 0.29) is 18.9 Å². The van der Waals surface area contributed by atoms with Crippen molar-refractivity contribution in [2.24, 2.45) is 5.92 Å². The van der Waals surface area contributed by atoms with Crippen LogP contribution >= 0.6 is 0 Å². The molecule has 0 aromatic carbocycles. The van der Waals surface area contributed by atoms with Crippen molar-refractivity contribution < 1.29 is 28.9 Å². The molecule has 0 aromatic heterocycles. The van der Waals surface area contributed by atoms with Crippen molar-refractivity contribution in [2.75, 3.05) is 13.9 Å². The van der Waals surface area contributed by atoms with Gasteiger partial charge in [-0.3, -0.25) is 4.79 Å². The number of carbonyl (C=O) groups excluding carboxylic acids is 1. The Morgan fingerprint density at radius 3 is 2.45 bits per heavy atom. The summed E-state index contributed by atoms with van der Waals surface area (Å²) in [5.41, 5.74) is -0.599. The molecular formula is C13H23NO6. The van der Waals surface area contributed by atoms with Gasteiger partial charge in [0, 0.05) is 7.11 Å². The van der Waals surface area contributed by atoms with Crippen molar-refractivity contribution in [3.8, 4) is 0 Å². The number of nitrogens with one attached hydrogen (secondary N) is 1. The maximum absolute atomic E-state index is 11.7. The van der Waals surface area contributed by atoms with Gasteiger partial charge in [0.1, 0.15) is 12.4 Å². The minimum Gasteiger partial charge on any atom is -0.481 e. The first-order chi connectivity index (χ1) is 9.23. The predicted molar refractivity (Wildman–Crippen MR) is 70.3 cm³/mol. The van der Waals surface area contributed by atoms with Gasteiger partial charge in [-0.2, -0.15) is 0 Å². The summed E-state index contributed by atoms with van der Waals surface area (Å²) in [6.45, 7) is 5.35. The van der Waals surface area contributed by atoms with Crippen molar-refractivity contribution in [2.45, 2.75) is 51.4 Å². The molecule has 0 radical (unpaired) electrons. The van der Waals surface area contributed by atoms with E-state index >= 15 is 0 Å². The highest BCUT2D eigenvalue weighted by Gasteiger charge is 2.40. The third-order valence-electron chi connectivity index (χ3n) is 2.96. The highest BCUT2D eigenvalue weighted by atomic mass is 16.7. The zero-order valence-corrected chi connectivity index (χ0v) is 12.3. The number of ether oxygens (including phenoxy) is 3. The number of carboxylic acids is 1. The largest absolute Gasteiger partial charge is 0.481 e. The van der Waals surface area contributed by atoms with Gasteiger partial charge in [0.15, 0.2) is 0 Å². The van der Waals surface area contributed by atoms with Gasteiger partial charge >= 0.3 is 12.1 Å². The Bertz CT molecular complexity index is 351. The number of alkyl carbamates (subject to hydrolysis) is 1. The third kappa shape index (κ3) is 5.34. The maximum Gasteiger partial charge on any atom is 0.407 e. The number of hydrogen-bond acceptors (Lipinski definition) is 5. The number of carbonyl (C=O) groups is 2. The highest BCUT2D eigenvalue weighted by Crippen LogP contribution is 2.29. The Kier molecular flexibility index (Phi) is 5.76. The number of aliphatic carboxylic acids is 1. The fraction of sp³-hybridized carbons (Fsp3) is 0.846. The molecule has 1 aliphatic carbocycles. The van der Waals surface area contributed by atoms with E-state index in [1.54, 1.807) is 20.8 Å². The molecule has 2 N–H and O–H groups in total. The van der Waals surface area contributed by atoms with Gasteiger partial charge in [-0.1, -0.05) is 0 Å². The molecule has 0 saturated heterocycles. The van der Waals surface area contributed by atoms with Gasteiger partial charge in [-0.15, -0.1) is 0 Å². The molecule has 7 heteroatoms. The van der Waals surface area contributed by atoms with E-state index in [2.05, 4.69) is 5.32 Å². The topological polar surface area (TPSA) is 94.1 Å². The zero-order valence-electron chi connectivity index (χ0n) is 12.3. The summed E-state index contributed by atoms with van der Waals surface area (Å²) >= 11 is 0. The molecule has 3 atom stereocenters. The van der Waals surface area contributed by atoms with E-state index in [9.17, 15) is 9.59 Å². The van der Waals surface area contributed by atoms with Crippen LogP contribution in [0.1, 0.15) is 33.6 Å². The van der Waals surface area contributed by atoms with E-state index < -0.39 is 23.6 Å². The fourth-order valence-corrected chi connectivity index (χ4v) is 2.15. The molecule has 1 amide bonds. The molecule has 0 unspecified atom stereocenters. The highest BCUT2D eigenvalue weighted by molar-refractivity contribution is 5.72. The van der Waals surface area contributed by atoms with Crippen LogP contribution < -0.4 is 5.32 Å². The maximum atomic E-state index is 11.7. The van der Waals surface area contributed by atoms with Crippen LogP contribution in [0.2, 0.25) is 0 Å². The lowest BCUT2D eigenvalue weighted by Crippen LogP contribution is -2.43. The van der Waals surface area contributed by atoms with Crippen molar-refractivity contribution >= 4 is 12.1 Å². The monoisotopic (exact) mass is 289 g/mol. The summed E-state index contributed by atoms with van der Waals surface area (Å²) in [7, 11) is 1.49. The van der Waals surface area contributed by atoms with Crippen LogP contribution in [0.15, 0.2) is 0 Å². The first kappa shape index (κ1) is 16.7. The van der Waals surface area contributed by atoms with E-state index in [0.29, 0.717) is 12.8 Å². The lowest BCUT2D eigenvalue weighted by atomic mass is 10.1. The molecule has 0 aliphatic heterocycles. The first-order valence-electron chi connectivity index (χ1n) is 6.56. The number of methoxy groups -OCH3 is 1.